The molecule has 1 aliphatic rings. The van der Waals surface area contributed by atoms with Gasteiger partial charge < -0.3 is 14.3 Å². The predicted molar refractivity (Wildman–Crippen MR) is 35.6 cm³/mol. The highest BCUT2D eigenvalue weighted by molar-refractivity contribution is 5.56. The second-order valence-corrected chi connectivity index (χ2v) is 2.83. The molecule has 3 heteroatoms. The lowest BCUT2D eigenvalue weighted by Gasteiger charge is -2.33. The van der Waals surface area contributed by atoms with Crippen molar-refractivity contribution in [1.82, 2.24) is 0 Å². The summed E-state index contributed by atoms with van der Waals surface area (Å²) in [5.74, 6) is -0.580. The summed E-state index contributed by atoms with van der Waals surface area (Å²) in [5.41, 5.74) is 0. The van der Waals surface area contributed by atoms with Gasteiger partial charge in [0.1, 0.15) is 12.4 Å². The minimum absolute atomic E-state index is 0.274. The van der Waals surface area contributed by atoms with Gasteiger partial charge in [-0.15, -0.1) is 0 Å². The maximum Gasteiger partial charge on any atom is 0.163 e. The molecular formula is C7H12O3. The van der Waals surface area contributed by atoms with Gasteiger partial charge in [0, 0.05) is 6.42 Å². The third kappa shape index (κ3) is 1.78. The molecule has 0 amide bonds. The first-order valence-electron chi connectivity index (χ1n) is 3.41. The first-order valence-corrected chi connectivity index (χ1v) is 3.41. The van der Waals surface area contributed by atoms with Crippen molar-refractivity contribution in [2.75, 3.05) is 6.61 Å². The number of rotatable bonds is 1. The van der Waals surface area contributed by atoms with Crippen molar-refractivity contribution in [1.29, 1.82) is 0 Å². The Balaban J connectivity index is 2.47. The summed E-state index contributed by atoms with van der Waals surface area (Å²) < 4.78 is 10.4. The van der Waals surface area contributed by atoms with Crippen LogP contribution in [0.4, 0.5) is 0 Å². The lowest BCUT2D eigenvalue weighted by atomic mass is 10.2. The van der Waals surface area contributed by atoms with Crippen molar-refractivity contribution in [3.8, 4) is 0 Å². The fourth-order valence-electron chi connectivity index (χ4n) is 0.974. The van der Waals surface area contributed by atoms with E-state index in [4.69, 9.17) is 9.47 Å². The molecule has 0 aromatic heterocycles. The highest BCUT2D eigenvalue weighted by atomic mass is 16.7. The van der Waals surface area contributed by atoms with Crippen LogP contribution >= 0.6 is 0 Å². The zero-order chi connectivity index (χ0) is 7.61. The Bertz CT molecular complexity index is 131. The van der Waals surface area contributed by atoms with Crippen LogP contribution in [-0.2, 0) is 14.3 Å². The van der Waals surface area contributed by atoms with Gasteiger partial charge in [0.2, 0.25) is 0 Å². The van der Waals surface area contributed by atoms with E-state index in [0.717, 1.165) is 6.29 Å². The molecule has 3 nitrogen and oxygen atoms in total. The highest BCUT2D eigenvalue weighted by Crippen LogP contribution is 2.20. The van der Waals surface area contributed by atoms with Gasteiger partial charge in [-0.3, -0.25) is 0 Å². The number of ether oxygens (including phenoxy) is 2. The second-order valence-electron chi connectivity index (χ2n) is 2.83. The van der Waals surface area contributed by atoms with Gasteiger partial charge in [0.05, 0.1) is 6.61 Å². The van der Waals surface area contributed by atoms with E-state index in [1.807, 2.05) is 13.8 Å². The van der Waals surface area contributed by atoms with Crippen molar-refractivity contribution in [3.05, 3.63) is 0 Å². The minimum atomic E-state index is -0.580. The van der Waals surface area contributed by atoms with E-state index >= 15 is 0 Å². The topological polar surface area (TPSA) is 35.5 Å². The monoisotopic (exact) mass is 144 g/mol. The maximum absolute atomic E-state index is 10.3. The van der Waals surface area contributed by atoms with Crippen LogP contribution in [0.3, 0.4) is 0 Å². The van der Waals surface area contributed by atoms with E-state index in [2.05, 4.69) is 0 Å². The molecule has 10 heavy (non-hydrogen) atoms. The van der Waals surface area contributed by atoms with Crippen molar-refractivity contribution in [2.24, 2.45) is 0 Å². The van der Waals surface area contributed by atoms with Crippen LogP contribution in [0.2, 0.25) is 0 Å². The molecule has 0 radical (unpaired) electrons. The minimum Gasteiger partial charge on any atom is -0.350 e. The van der Waals surface area contributed by atoms with Gasteiger partial charge in [-0.2, -0.15) is 0 Å². The predicted octanol–water partition coefficient (Wildman–Crippen LogP) is 0.727. The number of hydrogen-bond acceptors (Lipinski definition) is 3. The summed E-state index contributed by atoms with van der Waals surface area (Å²) in [6.07, 6.45) is 1.22. The third-order valence-electron chi connectivity index (χ3n) is 1.44. The van der Waals surface area contributed by atoms with E-state index in [1.165, 1.54) is 0 Å². The Morgan fingerprint density at radius 3 is 2.70 bits per heavy atom. The Hall–Kier alpha value is -0.410. The fraction of sp³-hybridized carbons (Fsp3) is 0.857. The molecule has 1 atom stereocenters. The molecule has 58 valence electrons. The van der Waals surface area contributed by atoms with Crippen molar-refractivity contribution in [3.63, 3.8) is 0 Å². The van der Waals surface area contributed by atoms with Crippen LogP contribution in [0.15, 0.2) is 0 Å². The van der Waals surface area contributed by atoms with Gasteiger partial charge in [0.15, 0.2) is 5.79 Å². The zero-order valence-corrected chi connectivity index (χ0v) is 6.29. The van der Waals surface area contributed by atoms with Crippen LogP contribution < -0.4 is 0 Å². The molecule has 1 unspecified atom stereocenters. The molecule has 1 aliphatic heterocycles. The fourth-order valence-corrected chi connectivity index (χ4v) is 0.974. The van der Waals surface area contributed by atoms with Crippen LogP contribution in [0.5, 0.6) is 0 Å². The number of aldehydes is 1. The Labute approximate surface area is 60.3 Å². The summed E-state index contributed by atoms with van der Waals surface area (Å²) in [6.45, 7) is 4.22. The quantitative estimate of drug-likeness (QED) is 0.509. The van der Waals surface area contributed by atoms with Gasteiger partial charge in [-0.05, 0) is 13.8 Å². The van der Waals surface area contributed by atoms with Crippen molar-refractivity contribution in [2.45, 2.75) is 32.2 Å². The van der Waals surface area contributed by atoms with E-state index in [-0.39, 0.29) is 6.10 Å². The average Bonchev–Trinajstić information content (AvgIpc) is 1.86. The molecule has 0 bridgehead atoms. The molecular weight excluding hydrogens is 132 g/mol. The molecule has 1 fully saturated rings. The van der Waals surface area contributed by atoms with Gasteiger partial charge >= 0.3 is 0 Å². The number of hydrogen-bond donors (Lipinski definition) is 0. The summed E-state index contributed by atoms with van der Waals surface area (Å²) in [5, 5.41) is 0. The van der Waals surface area contributed by atoms with Crippen molar-refractivity contribution < 1.29 is 14.3 Å². The summed E-state index contributed by atoms with van der Waals surface area (Å²) in [4.78, 5) is 10.3. The molecule has 0 aromatic rings. The molecule has 1 rings (SSSR count). The molecule has 0 aliphatic carbocycles. The lowest BCUT2D eigenvalue weighted by molar-refractivity contribution is -0.264. The normalized spacial score (nSPS) is 31.6. The third-order valence-corrected chi connectivity index (χ3v) is 1.44. The Morgan fingerprint density at radius 2 is 2.30 bits per heavy atom. The van der Waals surface area contributed by atoms with Crippen molar-refractivity contribution >= 4 is 6.29 Å². The summed E-state index contributed by atoms with van der Waals surface area (Å²) >= 11 is 0. The maximum atomic E-state index is 10.3. The standard InChI is InChI=1S/C7H12O3/c1-7(2)9-4-3-6(5-8)10-7/h5-6H,3-4H2,1-2H3. The van der Waals surface area contributed by atoms with Crippen LogP contribution in [0, 0.1) is 0 Å². The first kappa shape index (κ1) is 7.69. The molecule has 1 saturated heterocycles. The van der Waals surface area contributed by atoms with Gasteiger partial charge in [-0.1, -0.05) is 0 Å². The van der Waals surface area contributed by atoms with E-state index in [0.29, 0.717) is 13.0 Å². The molecule has 0 aromatic carbocycles. The van der Waals surface area contributed by atoms with E-state index in [9.17, 15) is 4.79 Å². The summed E-state index contributed by atoms with van der Waals surface area (Å²) in [7, 11) is 0. The lowest BCUT2D eigenvalue weighted by Crippen LogP contribution is -2.40. The Morgan fingerprint density at radius 1 is 1.60 bits per heavy atom. The van der Waals surface area contributed by atoms with Crippen LogP contribution in [0.25, 0.3) is 0 Å². The zero-order valence-electron chi connectivity index (χ0n) is 6.29. The number of carbonyl (C=O) groups is 1. The summed E-state index contributed by atoms with van der Waals surface area (Å²) in [6, 6.07) is 0. The molecule has 0 N–H and O–H groups in total. The van der Waals surface area contributed by atoms with Crippen LogP contribution in [0.1, 0.15) is 20.3 Å². The smallest absolute Gasteiger partial charge is 0.163 e. The highest BCUT2D eigenvalue weighted by Gasteiger charge is 2.28. The first-order chi connectivity index (χ1) is 4.64. The Kier molecular flexibility index (Phi) is 2.06. The largest absolute Gasteiger partial charge is 0.350 e. The molecule has 0 saturated carbocycles. The SMILES string of the molecule is CC1(C)OCCC(C=O)O1. The van der Waals surface area contributed by atoms with Crippen LogP contribution in [-0.4, -0.2) is 24.8 Å². The van der Waals surface area contributed by atoms with Gasteiger partial charge in [-0.25, -0.2) is 0 Å². The van der Waals surface area contributed by atoms with Gasteiger partial charge in [0.25, 0.3) is 0 Å². The molecule has 0 spiro atoms. The number of carbonyl (C=O) groups excluding carboxylic acids is 1. The van der Waals surface area contributed by atoms with E-state index in [1.54, 1.807) is 0 Å². The van der Waals surface area contributed by atoms with E-state index < -0.39 is 5.79 Å². The average molecular weight is 144 g/mol. The molecule has 1 heterocycles. The second kappa shape index (κ2) is 2.68.